The Bertz CT molecular complexity index is 1510. The topological polar surface area (TPSA) is 93.9 Å². The van der Waals surface area contributed by atoms with Gasteiger partial charge in [-0.05, 0) is 74.0 Å². The Balaban J connectivity index is 1.05. The lowest BCUT2D eigenvalue weighted by Crippen LogP contribution is -2.43. The number of hydroxylamine groups is 1. The molecule has 0 radical (unpaired) electrons. The van der Waals surface area contributed by atoms with Gasteiger partial charge in [-0.1, -0.05) is 29.9 Å². The molecule has 9 nitrogen and oxygen atoms in total. The first kappa shape index (κ1) is 28.3. The summed E-state index contributed by atoms with van der Waals surface area (Å²) in [6.45, 7) is 7.44. The molecule has 2 saturated heterocycles. The fourth-order valence-corrected chi connectivity index (χ4v) is 6.40. The molecule has 2 amide bonds. The number of carbonyl (C=O) groups is 2. The zero-order chi connectivity index (χ0) is 29.1. The van der Waals surface area contributed by atoms with Crippen LogP contribution in [0, 0.1) is 0 Å². The Morgan fingerprint density at radius 1 is 0.976 bits per heavy atom. The van der Waals surface area contributed by atoms with Crippen molar-refractivity contribution in [2.75, 3.05) is 46.3 Å². The molecule has 0 bridgehead atoms. The summed E-state index contributed by atoms with van der Waals surface area (Å²) in [6.07, 6.45) is 11.1. The predicted octanol–water partition coefficient (Wildman–Crippen LogP) is 3.96. The van der Waals surface area contributed by atoms with E-state index in [1.54, 1.807) is 11.6 Å². The highest BCUT2D eigenvalue weighted by Crippen LogP contribution is 2.31. The van der Waals surface area contributed by atoms with Crippen LogP contribution in [0.4, 0.5) is 0 Å². The molecule has 220 valence electrons. The molecule has 0 spiro atoms. The number of fused-ring (bicyclic) bond motifs is 1. The lowest BCUT2D eigenvalue weighted by atomic mass is 9.90. The summed E-state index contributed by atoms with van der Waals surface area (Å²) in [5.41, 5.74) is 7.70. The van der Waals surface area contributed by atoms with Crippen molar-refractivity contribution in [3.63, 3.8) is 0 Å². The minimum atomic E-state index is -0.438. The summed E-state index contributed by atoms with van der Waals surface area (Å²) < 4.78 is 2.15. The number of piperidine rings is 1. The number of amides is 2. The van der Waals surface area contributed by atoms with Gasteiger partial charge in [-0.15, -0.1) is 0 Å². The highest BCUT2D eigenvalue weighted by molar-refractivity contribution is 5.94. The third-order valence-corrected chi connectivity index (χ3v) is 9.05. The largest absolute Gasteiger partial charge is 0.339 e. The highest BCUT2D eigenvalue weighted by Gasteiger charge is 2.26. The zero-order valence-electron chi connectivity index (χ0n) is 24.3. The van der Waals surface area contributed by atoms with E-state index in [-0.39, 0.29) is 5.91 Å². The van der Waals surface area contributed by atoms with Gasteiger partial charge in [0.2, 0.25) is 0 Å². The lowest BCUT2D eigenvalue weighted by Gasteiger charge is -2.33. The minimum Gasteiger partial charge on any atom is -0.339 e. The number of aromatic nitrogens is 2. The smallest absolute Gasteiger partial charge is 0.270 e. The van der Waals surface area contributed by atoms with E-state index in [0.29, 0.717) is 17.9 Å². The molecule has 1 aromatic carbocycles. The normalized spacial score (nSPS) is 19.0. The van der Waals surface area contributed by atoms with Crippen LogP contribution in [0.5, 0.6) is 0 Å². The first-order valence-corrected chi connectivity index (χ1v) is 15.0. The maximum Gasteiger partial charge on any atom is 0.270 e. The summed E-state index contributed by atoms with van der Waals surface area (Å²) in [6, 6.07) is 12.6. The molecule has 3 aromatic rings. The second-order valence-corrected chi connectivity index (χ2v) is 11.9. The Morgan fingerprint density at radius 2 is 1.79 bits per heavy atom. The second kappa shape index (κ2) is 12.6. The number of pyridine rings is 1. The number of benzene rings is 1. The molecule has 3 aliphatic rings. The molecule has 42 heavy (non-hydrogen) atoms. The van der Waals surface area contributed by atoms with E-state index >= 15 is 0 Å². The third-order valence-electron chi connectivity index (χ3n) is 9.05. The summed E-state index contributed by atoms with van der Waals surface area (Å²) in [7, 11) is 2.17. The number of likely N-dealkylation sites (tertiary alicyclic amines) is 1. The molecule has 2 N–H and O–H groups in total. The van der Waals surface area contributed by atoms with Crippen LogP contribution in [0.15, 0.2) is 72.1 Å². The molecule has 6 rings (SSSR count). The van der Waals surface area contributed by atoms with E-state index < -0.39 is 5.91 Å². The first-order chi connectivity index (χ1) is 20.5. The van der Waals surface area contributed by atoms with Gasteiger partial charge in [0, 0.05) is 81.3 Å². The molecule has 2 aromatic heterocycles. The van der Waals surface area contributed by atoms with Crippen molar-refractivity contribution in [2.45, 2.75) is 44.7 Å². The molecule has 2 fully saturated rings. The number of nitrogens with one attached hydrogen (secondary N) is 1. The first-order valence-electron chi connectivity index (χ1n) is 15.0. The number of carbonyl (C=O) groups excluding carboxylic acids is 2. The van der Waals surface area contributed by atoms with Gasteiger partial charge in [-0.2, -0.15) is 0 Å². The van der Waals surface area contributed by atoms with E-state index in [4.69, 9.17) is 10.2 Å². The van der Waals surface area contributed by atoms with Crippen molar-refractivity contribution in [3.8, 4) is 0 Å². The van der Waals surface area contributed by atoms with Crippen LogP contribution in [0.25, 0.3) is 11.0 Å². The number of allylic oxidation sites excluding steroid dienone is 3. The lowest BCUT2D eigenvalue weighted by molar-refractivity contribution is -0.125. The van der Waals surface area contributed by atoms with Crippen molar-refractivity contribution in [3.05, 3.63) is 88.8 Å². The van der Waals surface area contributed by atoms with Crippen LogP contribution in [-0.2, 0) is 17.9 Å². The zero-order valence-corrected chi connectivity index (χ0v) is 24.3. The van der Waals surface area contributed by atoms with Crippen molar-refractivity contribution in [2.24, 2.45) is 0 Å². The van der Waals surface area contributed by atoms with Gasteiger partial charge in [0.25, 0.3) is 11.8 Å². The van der Waals surface area contributed by atoms with Crippen molar-refractivity contribution >= 4 is 22.8 Å². The Kier molecular flexibility index (Phi) is 8.51. The average Bonchev–Trinajstić information content (AvgIpc) is 3.43. The summed E-state index contributed by atoms with van der Waals surface area (Å²) in [5, 5.41) is 9.97. The maximum absolute atomic E-state index is 13.4. The van der Waals surface area contributed by atoms with Gasteiger partial charge in [-0.25, -0.2) is 10.5 Å². The molecular weight excluding hydrogens is 528 g/mol. The Morgan fingerprint density at radius 3 is 2.52 bits per heavy atom. The molecule has 2 aliphatic heterocycles. The highest BCUT2D eigenvalue weighted by atomic mass is 16.5. The number of hydrogen-bond donors (Lipinski definition) is 2. The molecule has 0 unspecified atom stereocenters. The van der Waals surface area contributed by atoms with Gasteiger partial charge in [0.05, 0.1) is 0 Å². The molecule has 4 heterocycles. The molecule has 9 heteroatoms. The van der Waals surface area contributed by atoms with E-state index in [9.17, 15) is 9.59 Å². The summed E-state index contributed by atoms with van der Waals surface area (Å²) >= 11 is 0. The fourth-order valence-electron chi connectivity index (χ4n) is 6.40. The van der Waals surface area contributed by atoms with Crippen molar-refractivity contribution in [1.29, 1.82) is 0 Å². The summed E-state index contributed by atoms with van der Waals surface area (Å²) in [5.74, 6) is 0.0856. The van der Waals surface area contributed by atoms with Crippen LogP contribution in [0.1, 0.15) is 53.1 Å². The predicted molar refractivity (Wildman–Crippen MR) is 162 cm³/mol. The van der Waals surface area contributed by atoms with Crippen LogP contribution in [0.3, 0.4) is 0 Å². The molecule has 0 atom stereocenters. The average molecular weight is 569 g/mol. The van der Waals surface area contributed by atoms with Gasteiger partial charge in [0.1, 0.15) is 5.65 Å². The van der Waals surface area contributed by atoms with Crippen molar-refractivity contribution in [1.82, 2.24) is 29.7 Å². The van der Waals surface area contributed by atoms with Gasteiger partial charge >= 0.3 is 0 Å². The number of hydrogen-bond acceptors (Lipinski definition) is 6. The molecular formula is C33H40N6O3. The second-order valence-electron chi connectivity index (χ2n) is 11.9. The van der Waals surface area contributed by atoms with E-state index in [1.165, 1.54) is 16.7 Å². The van der Waals surface area contributed by atoms with Crippen LogP contribution < -0.4 is 5.48 Å². The van der Waals surface area contributed by atoms with Crippen LogP contribution in [-0.4, -0.2) is 87.6 Å². The Hall–Kier alpha value is -3.79. The monoisotopic (exact) mass is 568 g/mol. The van der Waals surface area contributed by atoms with E-state index in [1.807, 2.05) is 29.3 Å². The number of piperazine rings is 1. The standard InChI is InChI=1S/C33H40N6O3/c1-36-15-17-37(18-16-36)22-25-3-2-4-29(19-25)33(41)38-12-9-26(10-13-38)30-20-28-11-14-39(31(28)34-21-30)23-24-5-7-27(8-6-24)32(40)35-42/h2-5,7,11,14,19-21,26,42H,6,8-10,12-13,15-18,22-23H2,1H3,(H,35,40). The van der Waals surface area contributed by atoms with Crippen LogP contribution >= 0.6 is 0 Å². The third kappa shape index (κ3) is 6.33. The summed E-state index contributed by atoms with van der Waals surface area (Å²) in [4.78, 5) is 36.7. The van der Waals surface area contributed by atoms with Gasteiger partial charge < -0.3 is 14.4 Å². The maximum atomic E-state index is 13.4. The van der Waals surface area contributed by atoms with E-state index in [2.05, 4.69) is 51.9 Å². The Labute approximate surface area is 247 Å². The minimum absolute atomic E-state index is 0.135. The van der Waals surface area contributed by atoms with Gasteiger partial charge in [0.15, 0.2) is 0 Å². The SMILES string of the molecule is CN1CCN(Cc2cccc(C(=O)N3CCC(c4cnc5c(ccn5CC5=CC=C(C(=O)NO)CC5)c4)CC3)c2)CC1. The van der Waals surface area contributed by atoms with E-state index in [0.717, 1.165) is 88.2 Å². The quantitative estimate of drug-likeness (QED) is 0.331. The fraction of sp³-hybridized carbons (Fsp3) is 0.424. The number of likely N-dealkylation sites (N-methyl/N-ethyl adjacent to an activating group) is 1. The van der Waals surface area contributed by atoms with Crippen LogP contribution in [0.2, 0.25) is 0 Å². The number of rotatable bonds is 7. The van der Waals surface area contributed by atoms with Gasteiger partial charge in [-0.3, -0.25) is 19.7 Å². The molecule has 0 saturated carbocycles. The molecule has 1 aliphatic carbocycles. The van der Waals surface area contributed by atoms with Crippen molar-refractivity contribution < 1.29 is 14.8 Å². The number of nitrogens with zero attached hydrogens (tertiary/aromatic N) is 5.